The van der Waals surface area contributed by atoms with Crippen molar-refractivity contribution in [2.75, 3.05) is 25.5 Å². The fourth-order valence-corrected chi connectivity index (χ4v) is 1.82. The lowest BCUT2D eigenvalue weighted by Crippen LogP contribution is -2.28. The zero-order valence-electron chi connectivity index (χ0n) is 14.4. The van der Waals surface area contributed by atoms with Crippen molar-refractivity contribution in [3.8, 4) is 6.07 Å². The molecule has 7 heteroatoms. The molecule has 1 aromatic carbocycles. The van der Waals surface area contributed by atoms with Gasteiger partial charge >= 0.3 is 0 Å². The van der Waals surface area contributed by atoms with E-state index in [1.54, 1.807) is 30.3 Å². The Hall–Kier alpha value is -2.85. The summed E-state index contributed by atoms with van der Waals surface area (Å²) in [6.07, 6.45) is 3.86. The monoisotopic (exact) mass is 344 g/mol. The summed E-state index contributed by atoms with van der Waals surface area (Å²) in [5.41, 5.74) is 6.31. The Morgan fingerprint density at radius 1 is 1.24 bits per heavy atom. The second kappa shape index (κ2) is 11.6. The number of hydrogen-bond donors (Lipinski definition) is 3. The number of nitrogens with two attached hydrogens (primary N) is 1. The highest BCUT2D eigenvalue weighted by molar-refractivity contribution is 5.99. The smallest absolute Gasteiger partial charge is 0.263 e. The predicted molar refractivity (Wildman–Crippen MR) is 95.4 cm³/mol. The zero-order chi connectivity index (χ0) is 18.5. The predicted octanol–water partition coefficient (Wildman–Crippen LogP) is 1.73. The van der Waals surface area contributed by atoms with Gasteiger partial charge in [0, 0.05) is 37.2 Å². The summed E-state index contributed by atoms with van der Waals surface area (Å²) in [6, 6.07) is 8.08. The van der Waals surface area contributed by atoms with Crippen molar-refractivity contribution in [3.05, 3.63) is 41.6 Å². The van der Waals surface area contributed by atoms with Crippen molar-refractivity contribution < 1.29 is 14.3 Å². The van der Waals surface area contributed by atoms with E-state index in [4.69, 9.17) is 15.7 Å². The number of nitriles is 1. The molecule has 0 aliphatic carbocycles. The molecule has 0 fully saturated rings. The van der Waals surface area contributed by atoms with E-state index >= 15 is 0 Å². The quantitative estimate of drug-likeness (QED) is 0.259. The summed E-state index contributed by atoms with van der Waals surface area (Å²) in [5, 5.41) is 14.1. The number of unbranched alkanes of at least 4 members (excludes halogenated alkanes) is 1. The van der Waals surface area contributed by atoms with Crippen LogP contribution in [0.15, 0.2) is 36.0 Å². The number of anilines is 1. The first kappa shape index (κ1) is 20.2. The van der Waals surface area contributed by atoms with E-state index in [-0.39, 0.29) is 5.57 Å². The molecule has 0 spiro atoms. The van der Waals surface area contributed by atoms with E-state index in [1.807, 2.05) is 0 Å². The number of nitrogens with zero attached hydrogens (tertiary/aromatic N) is 1. The van der Waals surface area contributed by atoms with Crippen LogP contribution in [0.5, 0.6) is 0 Å². The molecule has 7 nitrogen and oxygen atoms in total. The molecule has 25 heavy (non-hydrogen) atoms. The highest BCUT2D eigenvalue weighted by Gasteiger charge is 2.10. The topological polar surface area (TPSA) is 117 Å². The van der Waals surface area contributed by atoms with Crippen molar-refractivity contribution in [1.82, 2.24) is 10.6 Å². The second-order valence-corrected chi connectivity index (χ2v) is 5.34. The molecule has 0 saturated carbocycles. The highest BCUT2D eigenvalue weighted by atomic mass is 16.5. The molecule has 0 aliphatic heterocycles. The van der Waals surface area contributed by atoms with Gasteiger partial charge in [-0.1, -0.05) is 13.3 Å². The number of carbonyl (C=O) groups is 2. The van der Waals surface area contributed by atoms with E-state index in [9.17, 15) is 9.59 Å². The third-order valence-electron chi connectivity index (χ3n) is 3.28. The Morgan fingerprint density at radius 2 is 1.92 bits per heavy atom. The molecule has 0 aliphatic rings. The summed E-state index contributed by atoms with van der Waals surface area (Å²) in [4.78, 5) is 23.8. The second-order valence-electron chi connectivity index (χ2n) is 5.34. The summed E-state index contributed by atoms with van der Waals surface area (Å²) in [7, 11) is 0. The molecule has 134 valence electrons. The van der Waals surface area contributed by atoms with Crippen LogP contribution in [0.4, 0.5) is 5.69 Å². The molecular formula is C18H24N4O3. The standard InChI is InChI=1S/C18H24N4O3/c1-2-3-10-25-11-4-9-21-18(24)15(12-19)13-22-17(23)14-5-7-16(20)8-6-14/h5-8,13H,2-4,9-11,20H2,1H3,(H,21,24)(H,22,23)/b15-13-. The molecule has 0 radical (unpaired) electrons. The minimum Gasteiger partial charge on any atom is -0.399 e. The number of benzene rings is 1. The molecule has 4 N–H and O–H groups in total. The number of nitrogens with one attached hydrogen (secondary N) is 2. The van der Waals surface area contributed by atoms with Gasteiger partial charge in [0.05, 0.1) is 0 Å². The van der Waals surface area contributed by atoms with Gasteiger partial charge < -0.3 is 21.1 Å². The van der Waals surface area contributed by atoms with Gasteiger partial charge in [-0.05, 0) is 37.1 Å². The Balaban J connectivity index is 2.39. The summed E-state index contributed by atoms with van der Waals surface area (Å²) < 4.78 is 5.38. The SMILES string of the molecule is CCCCOCCCNC(=O)/C(C#N)=C\NC(=O)c1ccc(N)cc1. The number of amides is 2. The molecule has 1 aromatic rings. The number of ether oxygens (including phenoxy) is 1. The lowest BCUT2D eigenvalue weighted by Gasteiger charge is -2.06. The molecule has 2 amide bonds. The first-order valence-electron chi connectivity index (χ1n) is 8.21. The third-order valence-corrected chi connectivity index (χ3v) is 3.28. The number of nitrogen functional groups attached to an aromatic ring is 1. The Bertz CT molecular complexity index is 633. The van der Waals surface area contributed by atoms with Crippen molar-refractivity contribution in [2.45, 2.75) is 26.2 Å². The van der Waals surface area contributed by atoms with Gasteiger partial charge in [0.15, 0.2) is 0 Å². The minimum absolute atomic E-state index is 0.171. The number of carbonyl (C=O) groups excluding carboxylic acids is 2. The third kappa shape index (κ3) is 7.99. The highest BCUT2D eigenvalue weighted by Crippen LogP contribution is 2.05. The van der Waals surface area contributed by atoms with Crippen LogP contribution in [0.3, 0.4) is 0 Å². The fourth-order valence-electron chi connectivity index (χ4n) is 1.82. The molecule has 0 bridgehead atoms. The normalized spacial score (nSPS) is 10.8. The van der Waals surface area contributed by atoms with Gasteiger partial charge in [-0.3, -0.25) is 9.59 Å². The molecule has 0 aromatic heterocycles. The average Bonchev–Trinajstić information content (AvgIpc) is 2.61. The van der Waals surface area contributed by atoms with Crippen molar-refractivity contribution >= 4 is 17.5 Å². The average molecular weight is 344 g/mol. The zero-order valence-corrected chi connectivity index (χ0v) is 14.4. The molecular weight excluding hydrogens is 320 g/mol. The van der Waals surface area contributed by atoms with Gasteiger partial charge in [0.2, 0.25) is 0 Å². The first-order valence-corrected chi connectivity index (χ1v) is 8.21. The van der Waals surface area contributed by atoms with Gasteiger partial charge in [-0.25, -0.2) is 0 Å². The van der Waals surface area contributed by atoms with Crippen LogP contribution in [0.2, 0.25) is 0 Å². The van der Waals surface area contributed by atoms with Gasteiger partial charge in [-0.15, -0.1) is 0 Å². The molecule has 1 rings (SSSR count). The largest absolute Gasteiger partial charge is 0.399 e. The lowest BCUT2D eigenvalue weighted by atomic mass is 10.2. The Kier molecular flexibility index (Phi) is 9.41. The van der Waals surface area contributed by atoms with E-state index in [0.717, 1.165) is 19.0 Å². The van der Waals surface area contributed by atoms with Crippen molar-refractivity contribution in [2.24, 2.45) is 0 Å². The maximum atomic E-state index is 11.9. The Morgan fingerprint density at radius 3 is 2.56 bits per heavy atom. The van der Waals surface area contributed by atoms with Gasteiger partial charge in [0.1, 0.15) is 11.6 Å². The van der Waals surface area contributed by atoms with Crippen LogP contribution in [-0.4, -0.2) is 31.6 Å². The van der Waals surface area contributed by atoms with E-state index in [1.165, 1.54) is 0 Å². The molecule has 0 atom stereocenters. The van der Waals surface area contributed by atoms with Crippen LogP contribution in [-0.2, 0) is 9.53 Å². The first-order chi connectivity index (χ1) is 12.1. The van der Waals surface area contributed by atoms with Crippen LogP contribution in [0.25, 0.3) is 0 Å². The maximum Gasteiger partial charge on any atom is 0.263 e. The van der Waals surface area contributed by atoms with Crippen LogP contribution >= 0.6 is 0 Å². The number of hydrogen-bond acceptors (Lipinski definition) is 5. The Labute approximate surface area is 147 Å². The minimum atomic E-state index is -0.534. The number of rotatable bonds is 10. The van der Waals surface area contributed by atoms with Crippen molar-refractivity contribution in [3.63, 3.8) is 0 Å². The van der Waals surface area contributed by atoms with E-state index in [2.05, 4.69) is 17.6 Å². The lowest BCUT2D eigenvalue weighted by molar-refractivity contribution is -0.117. The molecule has 0 unspecified atom stereocenters. The van der Waals surface area contributed by atoms with Gasteiger partial charge in [-0.2, -0.15) is 5.26 Å². The summed E-state index contributed by atoms with van der Waals surface area (Å²) in [5.74, 6) is -0.960. The fraction of sp³-hybridized carbons (Fsp3) is 0.389. The van der Waals surface area contributed by atoms with E-state index < -0.39 is 11.8 Å². The van der Waals surface area contributed by atoms with Crippen LogP contribution in [0.1, 0.15) is 36.5 Å². The maximum absolute atomic E-state index is 11.9. The van der Waals surface area contributed by atoms with Crippen molar-refractivity contribution in [1.29, 1.82) is 5.26 Å². The summed E-state index contributed by atoms with van der Waals surface area (Å²) in [6.45, 7) is 3.76. The molecule has 0 heterocycles. The van der Waals surface area contributed by atoms with Gasteiger partial charge in [0.25, 0.3) is 11.8 Å². The molecule has 0 saturated heterocycles. The summed E-state index contributed by atoms with van der Waals surface area (Å²) >= 11 is 0. The van der Waals surface area contributed by atoms with Crippen LogP contribution < -0.4 is 16.4 Å². The van der Waals surface area contributed by atoms with Crippen LogP contribution in [0, 0.1) is 11.3 Å². The van der Waals surface area contributed by atoms with E-state index in [0.29, 0.717) is 37.4 Å².